The molecule has 0 saturated carbocycles. The number of nitro benzene ring substituents is 1. The Labute approximate surface area is 95.4 Å². The highest BCUT2D eigenvalue weighted by Gasteiger charge is 2.11. The number of carbonyl (C=O) groups excluding carboxylic acids is 1. The van der Waals surface area contributed by atoms with Gasteiger partial charge in [0.25, 0.3) is 5.69 Å². The van der Waals surface area contributed by atoms with Crippen molar-refractivity contribution in [3.63, 3.8) is 0 Å². The number of alkyl halides is 1. The highest BCUT2D eigenvalue weighted by Crippen LogP contribution is 2.20. The number of benzene rings is 1. The lowest BCUT2D eigenvalue weighted by Crippen LogP contribution is -2.12. The van der Waals surface area contributed by atoms with Crippen molar-refractivity contribution in [1.29, 1.82) is 0 Å². The second-order valence-electron chi connectivity index (χ2n) is 2.94. The van der Waals surface area contributed by atoms with E-state index < -0.39 is 22.3 Å². The molecule has 0 aliphatic heterocycles. The number of amides is 1. The van der Waals surface area contributed by atoms with Gasteiger partial charge < -0.3 is 5.32 Å². The lowest BCUT2D eigenvalue weighted by Gasteiger charge is -2.03. The van der Waals surface area contributed by atoms with Crippen LogP contribution in [-0.2, 0) is 4.79 Å². The summed E-state index contributed by atoms with van der Waals surface area (Å²) in [5.74, 6) is -1.08. The Kier molecular flexibility index (Phi) is 4.19. The molecular formula is C9H8ClFN2O3. The molecule has 0 unspecified atom stereocenters. The monoisotopic (exact) mass is 246 g/mol. The number of nitrogens with zero attached hydrogens (tertiary/aromatic N) is 1. The van der Waals surface area contributed by atoms with Crippen LogP contribution in [-0.4, -0.2) is 16.7 Å². The first-order chi connectivity index (χ1) is 7.52. The normalized spacial score (nSPS) is 9.88. The molecule has 1 rings (SSSR count). The second-order valence-corrected chi connectivity index (χ2v) is 3.32. The first kappa shape index (κ1) is 12.4. The first-order valence-corrected chi connectivity index (χ1v) is 4.87. The molecule has 1 aromatic carbocycles. The maximum Gasteiger partial charge on any atom is 0.274 e. The van der Waals surface area contributed by atoms with E-state index in [1.165, 1.54) is 0 Å². The Morgan fingerprint density at radius 3 is 2.75 bits per heavy atom. The highest BCUT2D eigenvalue weighted by molar-refractivity contribution is 6.19. The Morgan fingerprint density at radius 2 is 2.19 bits per heavy atom. The van der Waals surface area contributed by atoms with Gasteiger partial charge in [0.15, 0.2) is 0 Å². The fraction of sp³-hybridized carbons (Fsp3) is 0.222. The molecule has 1 N–H and O–H groups in total. The van der Waals surface area contributed by atoms with Gasteiger partial charge in [0.1, 0.15) is 5.82 Å². The molecule has 0 radical (unpaired) electrons. The molecule has 0 bridgehead atoms. The van der Waals surface area contributed by atoms with E-state index in [0.29, 0.717) is 0 Å². The zero-order valence-corrected chi connectivity index (χ0v) is 8.83. The molecule has 86 valence electrons. The second kappa shape index (κ2) is 5.41. The number of nitrogens with one attached hydrogen (secondary N) is 1. The van der Waals surface area contributed by atoms with Crippen LogP contribution in [0.5, 0.6) is 0 Å². The van der Waals surface area contributed by atoms with Crippen LogP contribution in [0, 0.1) is 15.9 Å². The molecule has 0 atom stereocenters. The first-order valence-electron chi connectivity index (χ1n) is 4.33. The molecule has 0 fully saturated rings. The van der Waals surface area contributed by atoms with Crippen molar-refractivity contribution in [3.8, 4) is 0 Å². The summed E-state index contributed by atoms with van der Waals surface area (Å²) in [5, 5.41) is 12.7. The largest absolute Gasteiger partial charge is 0.326 e. The third kappa shape index (κ3) is 3.47. The molecule has 0 spiro atoms. The van der Waals surface area contributed by atoms with Crippen molar-refractivity contribution >= 4 is 28.9 Å². The van der Waals surface area contributed by atoms with Crippen LogP contribution in [0.3, 0.4) is 0 Å². The van der Waals surface area contributed by atoms with Gasteiger partial charge in [0.2, 0.25) is 5.91 Å². The van der Waals surface area contributed by atoms with Crippen molar-refractivity contribution in [2.24, 2.45) is 0 Å². The minimum Gasteiger partial charge on any atom is -0.326 e. The van der Waals surface area contributed by atoms with E-state index in [0.717, 1.165) is 18.2 Å². The molecule has 0 aliphatic carbocycles. The van der Waals surface area contributed by atoms with Crippen molar-refractivity contribution in [1.82, 2.24) is 0 Å². The van der Waals surface area contributed by atoms with E-state index in [1.807, 2.05) is 0 Å². The SMILES string of the molecule is O=C(CCCl)Nc1cc(F)cc([N+](=O)[O-])c1. The molecule has 0 aliphatic rings. The third-order valence-electron chi connectivity index (χ3n) is 1.70. The van der Waals surface area contributed by atoms with Gasteiger partial charge in [-0.15, -0.1) is 11.6 Å². The van der Waals surface area contributed by atoms with E-state index in [4.69, 9.17) is 11.6 Å². The molecule has 1 amide bonds. The molecule has 0 heterocycles. The summed E-state index contributed by atoms with van der Waals surface area (Å²) < 4.78 is 12.9. The Balaban J connectivity index is 2.88. The van der Waals surface area contributed by atoms with Crippen LogP contribution in [0.2, 0.25) is 0 Å². The average molecular weight is 247 g/mol. The van der Waals surface area contributed by atoms with Crippen molar-refractivity contribution in [2.75, 3.05) is 11.2 Å². The molecular weight excluding hydrogens is 239 g/mol. The molecule has 1 aromatic rings. The van der Waals surface area contributed by atoms with Gasteiger partial charge in [0.05, 0.1) is 16.7 Å². The topological polar surface area (TPSA) is 72.2 Å². The van der Waals surface area contributed by atoms with Gasteiger partial charge in [-0.05, 0) is 6.07 Å². The van der Waals surface area contributed by atoms with E-state index >= 15 is 0 Å². The predicted octanol–water partition coefficient (Wildman–Crippen LogP) is 2.30. The Hall–Kier alpha value is -1.69. The maximum atomic E-state index is 12.9. The van der Waals surface area contributed by atoms with Crippen molar-refractivity contribution in [3.05, 3.63) is 34.1 Å². The number of carbonyl (C=O) groups is 1. The quantitative estimate of drug-likeness (QED) is 0.503. The number of anilines is 1. The zero-order valence-electron chi connectivity index (χ0n) is 8.07. The van der Waals surface area contributed by atoms with Gasteiger partial charge in [-0.1, -0.05) is 0 Å². The van der Waals surface area contributed by atoms with E-state index in [1.54, 1.807) is 0 Å². The number of halogens is 2. The maximum absolute atomic E-state index is 12.9. The predicted molar refractivity (Wildman–Crippen MR) is 57.0 cm³/mol. The van der Waals surface area contributed by atoms with Gasteiger partial charge in [0, 0.05) is 18.4 Å². The minimum atomic E-state index is -0.782. The van der Waals surface area contributed by atoms with Crippen molar-refractivity contribution < 1.29 is 14.1 Å². The highest BCUT2D eigenvalue weighted by atomic mass is 35.5. The molecule has 0 aromatic heterocycles. The van der Waals surface area contributed by atoms with Crippen LogP contribution >= 0.6 is 11.6 Å². The summed E-state index contributed by atoms with van der Waals surface area (Å²) in [5.41, 5.74) is -0.372. The molecule has 0 saturated heterocycles. The van der Waals surface area contributed by atoms with Crippen molar-refractivity contribution in [2.45, 2.75) is 6.42 Å². The third-order valence-corrected chi connectivity index (χ3v) is 1.89. The van der Waals surface area contributed by atoms with Crippen LogP contribution < -0.4 is 5.32 Å². The zero-order chi connectivity index (χ0) is 12.1. The van der Waals surface area contributed by atoms with Gasteiger partial charge in [-0.3, -0.25) is 14.9 Å². The Morgan fingerprint density at radius 1 is 1.50 bits per heavy atom. The van der Waals surface area contributed by atoms with E-state index in [9.17, 15) is 19.3 Å². The molecule has 7 heteroatoms. The standard InChI is InChI=1S/C9H8ClFN2O3/c10-2-1-9(14)12-7-3-6(11)4-8(5-7)13(15)16/h3-5H,1-2H2,(H,12,14). The fourth-order valence-electron chi connectivity index (χ4n) is 1.06. The van der Waals surface area contributed by atoms with Crippen LogP contribution in [0.1, 0.15) is 6.42 Å². The summed E-state index contributed by atoms with van der Waals surface area (Å²) >= 11 is 5.33. The van der Waals surface area contributed by atoms with E-state index in [2.05, 4.69) is 5.32 Å². The smallest absolute Gasteiger partial charge is 0.274 e. The summed E-state index contributed by atoms with van der Waals surface area (Å²) in [4.78, 5) is 20.8. The van der Waals surface area contributed by atoms with Gasteiger partial charge >= 0.3 is 0 Å². The van der Waals surface area contributed by atoms with Crippen LogP contribution in [0.4, 0.5) is 15.8 Å². The molecule has 5 nitrogen and oxygen atoms in total. The fourth-order valence-corrected chi connectivity index (χ4v) is 1.23. The van der Waals surface area contributed by atoms with Crippen LogP contribution in [0.25, 0.3) is 0 Å². The number of rotatable bonds is 4. The number of hydrogen-bond donors (Lipinski definition) is 1. The van der Waals surface area contributed by atoms with Crippen LogP contribution in [0.15, 0.2) is 18.2 Å². The van der Waals surface area contributed by atoms with E-state index in [-0.39, 0.29) is 18.0 Å². The minimum absolute atomic E-state index is 0.0433. The average Bonchev–Trinajstić information content (AvgIpc) is 2.16. The lowest BCUT2D eigenvalue weighted by molar-refractivity contribution is -0.385. The summed E-state index contributed by atoms with van der Waals surface area (Å²) in [7, 11) is 0. The summed E-state index contributed by atoms with van der Waals surface area (Å²) in [6, 6.07) is 2.85. The lowest BCUT2D eigenvalue weighted by atomic mass is 10.2. The summed E-state index contributed by atoms with van der Waals surface area (Å²) in [6.45, 7) is 0. The number of non-ortho nitro benzene ring substituents is 1. The number of hydrogen-bond acceptors (Lipinski definition) is 3. The molecule has 16 heavy (non-hydrogen) atoms. The van der Waals surface area contributed by atoms with Gasteiger partial charge in [-0.25, -0.2) is 4.39 Å². The number of nitro groups is 1. The van der Waals surface area contributed by atoms with Gasteiger partial charge in [-0.2, -0.15) is 0 Å². The Bertz CT molecular complexity index is 425. The summed E-state index contributed by atoms with van der Waals surface area (Å²) in [6.07, 6.45) is 0.0614.